The van der Waals surface area contributed by atoms with Crippen LogP contribution in [0.1, 0.15) is 100 Å². The molecule has 0 saturated heterocycles. The number of rotatable bonds is 20. The number of hydrogen-bond acceptors (Lipinski definition) is 9. The van der Waals surface area contributed by atoms with Crippen molar-refractivity contribution < 1.29 is 48.7 Å². The second-order valence-electron chi connectivity index (χ2n) is 12.3. The van der Waals surface area contributed by atoms with Crippen molar-refractivity contribution in [3.8, 4) is 0 Å². The maximum Gasteiger partial charge on any atom is 0.469 e. The molecule has 0 spiro atoms. The monoisotopic (exact) mass is 683 g/mol. The molecule has 4 atom stereocenters. The van der Waals surface area contributed by atoms with Crippen molar-refractivity contribution in [3.63, 3.8) is 0 Å². The summed E-state index contributed by atoms with van der Waals surface area (Å²) in [6, 6.07) is 1.71. The molecule has 0 bridgehead atoms. The Hall–Kier alpha value is -3.04. The van der Waals surface area contributed by atoms with Gasteiger partial charge in [-0.2, -0.15) is 4.98 Å². The highest BCUT2D eigenvalue weighted by atomic mass is 31.2. The number of carboxylic acid groups (broad SMARTS) is 1. The van der Waals surface area contributed by atoms with E-state index < -0.39 is 62.4 Å². The van der Waals surface area contributed by atoms with E-state index in [4.69, 9.17) is 9.79 Å². The van der Waals surface area contributed by atoms with E-state index in [1.165, 1.54) is 36.7 Å². The van der Waals surface area contributed by atoms with E-state index in [1.54, 1.807) is 6.07 Å². The van der Waals surface area contributed by atoms with Crippen LogP contribution in [0.5, 0.6) is 0 Å². The first-order valence-electron chi connectivity index (χ1n) is 16.1. The van der Waals surface area contributed by atoms with Gasteiger partial charge in [-0.3, -0.25) is 19.1 Å². The summed E-state index contributed by atoms with van der Waals surface area (Å²) in [4.78, 5) is 64.5. The Labute approximate surface area is 271 Å². The zero-order chi connectivity index (χ0) is 34.9. The molecule has 3 aromatic rings. The lowest BCUT2D eigenvalue weighted by Gasteiger charge is -2.24. The van der Waals surface area contributed by atoms with Gasteiger partial charge in [0.25, 0.3) is 5.56 Å². The Balaban J connectivity index is 2.05. The largest absolute Gasteiger partial charge is 0.481 e. The zero-order valence-corrected chi connectivity index (χ0v) is 28.0. The third-order valence-electron chi connectivity index (χ3n) is 8.59. The quantitative estimate of drug-likeness (QED) is 0.0370. The molecule has 0 radical (unpaired) electrons. The highest BCUT2D eigenvalue weighted by Crippen LogP contribution is 2.36. The Morgan fingerprint density at radius 3 is 2.17 bits per heavy atom. The zero-order valence-electron chi connectivity index (χ0n) is 27.1. The molecular formula is C31H48N4O11P+. The van der Waals surface area contributed by atoms with Gasteiger partial charge >= 0.3 is 25.1 Å². The number of aromatic amines is 2. The predicted octanol–water partition coefficient (Wildman–Crippen LogP) is 2.34. The number of aliphatic hydroxyl groups excluding tert-OH is 3. The molecule has 0 aliphatic carbocycles. The Morgan fingerprint density at radius 1 is 0.957 bits per heavy atom. The third kappa shape index (κ3) is 10.7. The molecule has 0 aliphatic heterocycles. The number of fused-ring (bicyclic) bond motifs is 2. The standard InChI is InChI=1S/C31H47N4O11P/c1-4-5-6-7-8-9-10-11-12-13-20(15-24(38)39)25-19(3)18(2)14-21-26(25)32-27-29(33-31(42)34-30(27)41)35(21)16-22(36)28(40)23(37)17-46-47(43,44)45/h14,20,22-23,28,36-37,40H,4-13,15-17H2,1-3H3,(H4,34,38,39,41,42,43,44,45)/p+1/t20-,22+,23-,28+/m1/s1. The van der Waals surface area contributed by atoms with Gasteiger partial charge in [-0.1, -0.05) is 64.7 Å². The average Bonchev–Trinajstić information content (AvgIpc) is 2.99. The van der Waals surface area contributed by atoms with Gasteiger partial charge in [-0.15, -0.1) is 0 Å². The lowest BCUT2D eigenvalue weighted by atomic mass is 9.84. The Morgan fingerprint density at radius 2 is 1.57 bits per heavy atom. The molecule has 0 amide bonds. The number of nitrogens with one attached hydrogen (secondary N) is 2. The minimum atomic E-state index is -4.97. The fourth-order valence-electron chi connectivity index (χ4n) is 6.01. The predicted molar refractivity (Wildman–Crippen MR) is 173 cm³/mol. The summed E-state index contributed by atoms with van der Waals surface area (Å²) in [5, 5.41) is 41.7. The molecule has 0 fully saturated rings. The number of aliphatic hydroxyl groups is 3. The number of phosphoric ester groups is 1. The number of aromatic nitrogens is 4. The number of aliphatic carboxylic acids is 1. The molecule has 262 valence electrons. The van der Waals surface area contributed by atoms with Gasteiger partial charge < -0.3 is 30.2 Å². The maximum absolute atomic E-state index is 13.0. The van der Waals surface area contributed by atoms with E-state index in [2.05, 4.69) is 26.4 Å². The average molecular weight is 684 g/mol. The normalized spacial score (nSPS) is 14.8. The lowest BCUT2D eigenvalue weighted by Crippen LogP contribution is -2.51. The van der Waals surface area contributed by atoms with Gasteiger partial charge in [-0.05, 0) is 48.9 Å². The summed E-state index contributed by atoms with van der Waals surface area (Å²) in [7, 11) is -4.97. The van der Waals surface area contributed by atoms with Gasteiger partial charge in [0.05, 0.1) is 13.0 Å². The van der Waals surface area contributed by atoms with Crippen LogP contribution in [0.3, 0.4) is 0 Å². The number of benzene rings is 1. The lowest BCUT2D eigenvalue weighted by molar-refractivity contribution is -0.657. The van der Waals surface area contributed by atoms with Gasteiger partial charge in [0.1, 0.15) is 30.4 Å². The van der Waals surface area contributed by atoms with Crippen LogP contribution in [0, 0.1) is 13.8 Å². The second-order valence-corrected chi connectivity index (χ2v) is 13.5. The minimum Gasteiger partial charge on any atom is -0.481 e. The summed E-state index contributed by atoms with van der Waals surface area (Å²) < 4.78 is 16.6. The number of H-pyrrole nitrogens is 2. The van der Waals surface area contributed by atoms with Crippen molar-refractivity contribution in [3.05, 3.63) is 43.6 Å². The van der Waals surface area contributed by atoms with E-state index in [0.29, 0.717) is 17.5 Å². The molecular weight excluding hydrogens is 635 g/mol. The van der Waals surface area contributed by atoms with Crippen LogP contribution in [0.25, 0.3) is 22.2 Å². The van der Waals surface area contributed by atoms with Crippen molar-refractivity contribution in [2.45, 2.75) is 122 Å². The van der Waals surface area contributed by atoms with Gasteiger partial charge in [0.15, 0.2) is 5.52 Å². The highest BCUT2D eigenvalue weighted by molar-refractivity contribution is 7.46. The smallest absolute Gasteiger partial charge is 0.469 e. The minimum absolute atomic E-state index is 0.0959. The first-order valence-corrected chi connectivity index (χ1v) is 17.6. The van der Waals surface area contributed by atoms with E-state index in [0.717, 1.165) is 36.8 Å². The fraction of sp³-hybridized carbons (Fsp3) is 0.645. The van der Waals surface area contributed by atoms with Crippen LogP contribution < -0.4 is 15.8 Å². The first-order chi connectivity index (χ1) is 22.1. The molecule has 8 N–H and O–H groups in total. The van der Waals surface area contributed by atoms with Crippen LogP contribution in [-0.4, -0.2) is 76.1 Å². The van der Waals surface area contributed by atoms with Crippen molar-refractivity contribution >= 4 is 36.0 Å². The van der Waals surface area contributed by atoms with E-state index in [-0.39, 0.29) is 23.1 Å². The molecule has 47 heavy (non-hydrogen) atoms. The van der Waals surface area contributed by atoms with Crippen molar-refractivity contribution in [2.75, 3.05) is 6.61 Å². The number of aryl methyl sites for hydroxylation is 1. The maximum atomic E-state index is 13.0. The summed E-state index contributed by atoms with van der Waals surface area (Å²) in [5.74, 6) is -1.47. The molecule has 3 rings (SSSR count). The van der Waals surface area contributed by atoms with Crippen molar-refractivity contribution in [1.29, 1.82) is 0 Å². The van der Waals surface area contributed by atoms with Crippen LogP contribution >= 0.6 is 7.82 Å². The van der Waals surface area contributed by atoms with Crippen LogP contribution in [-0.2, 0) is 20.4 Å². The molecule has 0 saturated carbocycles. The molecule has 0 unspecified atom stereocenters. The van der Waals surface area contributed by atoms with Gasteiger partial charge in [0.2, 0.25) is 5.52 Å². The SMILES string of the molecule is CCCCCCCCCCC[C@H](CC(=O)O)c1c(C)c(C)cc2c1nc1c(=O)[nH]c(=O)[nH]c1[n+]2C[C@H](O)[C@H](O)[C@H](O)COP(=O)(O)O. The van der Waals surface area contributed by atoms with E-state index >= 15 is 0 Å². The molecule has 16 heteroatoms. The number of hydrogen-bond donors (Lipinski definition) is 8. The number of nitrogens with zero attached hydrogens (tertiary/aromatic N) is 2. The highest BCUT2D eigenvalue weighted by Gasteiger charge is 2.32. The van der Waals surface area contributed by atoms with E-state index in [9.17, 15) is 39.4 Å². The molecule has 15 nitrogen and oxygen atoms in total. The summed E-state index contributed by atoms with van der Waals surface area (Å²) in [5.41, 5.74) is 0.772. The van der Waals surface area contributed by atoms with Gasteiger partial charge in [-0.25, -0.2) is 18.9 Å². The number of phosphoric acid groups is 1. The van der Waals surface area contributed by atoms with Crippen LogP contribution in [0.15, 0.2) is 15.7 Å². The third-order valence-corrected chi connectivity index (χ3v) is 9.07. The molecule has 1 aromatic carbocycles. The first kappa shape index (κ1) is 38.4. The van der Waals surface area contributed by atoms with Gasteiger partial charge in [0, 0.05) is 0 Å². The second kappa shape index (κ2) is 17.4. The number of unbranched alkanes of at least 4 members (excludes halogenated alkanes) is 8. The van der Waals surface area contributed by atoms with Crippen molar-refractivity contribution in [1.82, 2.24) is 15.0 Å². The molecule has 0 aliphatic rings. The van der Waals surface area contributed by atoms with Crippen LogP contribution in [0.2, 0.25) is 0 Å². The fourth-order valence-corrected chi connectivity index (χ4v) is 6.35. The topological polar surface area (TPSA) is 247 Å². The van der Waals surface area contributed by atoms with E-state index in [1.807, 2.05) is 13.8 Å². The Bertz CT molecular complexity index is 1690. The molecule has 2 heterocycles. The molecule has 2 aromatic heterocycles. The summed E-state index contributed by atoms with van der Waals surface area (Å²) in [6.07, 6.45) is 4.62. The summed E-state index contributed by atoms with van der Waals surface area (Å²) >= 11 is 0. The summed E-state index contributed by atoms with van der Waals surface area (Å²) in [6.45, 7) is 4.35. The van der Waals surface area contributed by atoms with Crippen molar-refractivity contribution in [2.24, 2.45) is 0 Å². The van der Waals surface area contributed by atoms with Crippen LogP contribution in [0.4, 0.5) is 0 Å². The number of carbonyl (C=O) groups is 1. The Kier molecular flexibility index (Phi) is 14.2. The number of carboxylic acids is 1.